The van der Waals surface area contributed by atoms with Crippen molar-refractivity contribution in [2.75, 3.05) is 25.6 Å². The van der Waals surface area contributed by atoms with E-state index in [0.717, 1.165) is 36.0 Å². The molecule has 5 rings (SSSR count). The van der Waals surface area contributed by atoms with Gasteiger partial charge < -0.3 is 24.5 Å². The van der Waals surface area contributed by atoms with Gasteiger partial charge in [0.25, 0.3) is 0 Å². The summed E-state index contributed by atoms with van der Waals surface area (Å²) in [4.78, 5) is 25.7. The fourth-order valence-electron chi connectivity index (χ4n) is 4.97. The molecule has 210 valence electrons. The van der Waals surface area contributed by atoms with Crippen LogP contribution in [0.2, 0.25) is 5.02 Å². The highest BCUT2D eigenvalue weighted by atomic mass is 35.5. The van der Waals surface area contributed by atoms with Crippen LogP contribution in [0.1, 0.15) is 54.4 Å². The minimum atomic E-state index is -1.20. The molecular formula is C30H34ClN5O4. The molecule has 0 aliphatic heterocycles. The maximum atomic E-state index is 12.0. The normalized spacial score (nSPS) is 14.2. The van der Waals surface area contributed by atoms with Crippen LogP contribution in [0.15, 0.2) is 42.5 Å². The molecule has 2 aromatic heterocycles. The number of aromatic carboxylic acids is 1. The van der Waals surface area contributed by atoms with Crippen LogP contribution in [0, 0.1) is 12.8 Å². The Hall–Kier alpha value is -3.69. The number of carbonyl (C=O) groups is 1. The van der Waals surface area contributed by atoms with Gasteiger partial charge >= 0.3 is 5.97 Å². The Labute approximate surface area is 238 Å². The van der Waals surface area contributed by atoms with E-state index in [-0.39, 0.29) is 11.9 Å². The molecule has 40 heavy (non-hydrogen) atoms. The summed E-state index contributed by atoms with van der Waals surface area (Å²) < 4.78 is 13.4. The number of hydrogen-bond acceptors (Lipinski definition) is 7. The minimum Gasteiger partial charge on any atom is -0.493 e. The Bertz CT molecular complexity index is 1500. The van der Waals surface area contributed by atoms with Crippen LogP contribution < -0.4 is 10.1 Å². The van der Waals surface area contributed by atoms with Gasteiger partial charge in [-0.2, -0.15) is 0 Å². The number of ether oxygens (including phenoxy) is 2. The minimum absolute atomic E-state index is 0.120. The van der Waals surface area contributed by atoms with E-state index < -0.39 is 5.97 Å². The molecule has 10 heteroatoms. The number of methoxy groups -OCH3 is 1. The van der Waals surface area contributed by atoms with Crippen LogP contribution in [0.4, 0.5) is 5.82 Å². The van der Waals surface area contributed by atoms with Crippen molar-refractivity contribution in [1.29, 1.82) is 0 Å². The number of fused-ring (bicyclic) bond motifs is 1. The number of carboxylic acids is 1. The third kappa shape index (κ3) is 6.05. The quantitative estimate of drug-likeness (QED) is 0.195. The number of aryl methyl sites for hydroxylation is 1. The maximum Gasteiger partial charge on any atom is 0.374 e. The average Bonchev–Trinajstić information content (AvgIpc) is 3.25. The Morgan fingerprint density at radius 1 is 1.15 bits per heavy atom. The number of anilines is 1. The highest BCUT2D eigenvalue weighted by Crippen LogP contribution is 2.37. The number of nitrogens with one attached hydrogen (secondary N) is 1. The van der Waals surface area contributed by atoms with Gasteiger partial charge in [-0.05, 0) is 62.4 Å². The lowest BCUT2D eigenvalue weighted by atomic mass is 9.80. The number of halogens is 1. The summed E-state index contributed by atoms with van der Waals surface area (Å²) in [6.45, 7) is 5.65. The van der Waals surface area contributed by atoms with Crippen LogP contribution in [0.3, 0.4) is 0 Å². The number of aromatic nitrogens is 4. The molecular weight excluding hydrogens is 530 g/mol. The molecule has 1 fully saturated rings. The zero-order valence-electron chi connectivity index (χ0n) is 23.0. The molecule has 1 saturated carbocycles. The third-order valence-corrected chi connectivity index (χ3v) is 7.65. The summed E-state index contributed by atoms with van der Waals surface area (Å²) in [6.07, 6.45) is 4.22. The molecule has 0 unspecified atom stereocenters. The van der Waals surface area contributed by atoms with E-state index in [9.17, 15) is 9.90 Å². The van der Waals surface area contributed by atoms with Crippen LogP contribution in [-0.4, -0.2) is 57.0 Å². The highest BCUT2D eigenvalue weighted by molar-refractivity contribution is 6.30. The molecule has 2 N–H and O–H groups in total. The first-order chi connectivity index (χ1) is 19.3. The van der Waals surface area contributed by atoms with Crippen molar-refractivity contribution in [3.8, 4) is 17.1 Å². The second kappa shape index (κ2) is 12.2. The third-order valence-electron chi connectivity index (χ3n) is 7.40. The maximum absolute atomic E-state index is 12.0. The largest absolute Gasteiger partial charge is 0.493 e. The van der Waals surface area contributed by atoms with Crippen molar-refractivity contribution in [1.82, 2.24) is 19.5 Å². The molecule has 4 aromatic rings. The summed E-state index contributed by atoms with van der Waals surface area (Å²) in [5.41, 5.74) is 3.79. The Morgan fingerprint density at radius 3 is 2.60 bits per heavy atom. The van der Waals surface area contributed by atoms with Gasteiger partial charge in [0.05, 0.1) is 12.2 Å². The van der Waals surface area contributed by atoms with Gasteiger partial charge in [-0.15, -0.1) is 0 Å². The zero-order valence-corrected chi connectivity index (χ0v) is 23.7. The monoisotopic (exact) mass is 563 g/mol. The predicted octanol–water partition coefficient (Wildman–Crippen LogP) is 6.22. The van der Waals surface area contributed by atoms with Crippen LogP contribution in [0.5, 0.6) is 5.75 Å². The van der Waals surface area contributed by atoms with Crippen molar-refractivity contribution in [3.63, 3.8) is 0 Å². The SMILES string of the molecule is COCCCOc1ccc(C)cc1-c1nc2nc(C(=O)O)nc(N[C@H](C)C3CCC3)c2n1Cc1ccc(Cl)cc1. The van der Waals surface area contributed by atoms with Crippen LogP contribution in [-0.2, 0) is 11.3 Å². The lowest BCUT2D eigenvalue weighted by Crippen LogP contribution is -2.31. The molecule has 2 heterocycles. The van der Waals surface area contributed by atoms with Crippen molar-refractivity contribution < 1.29 is 19.4 Å². The van der Waals surface area contributed by atoms with Crippen LogP contribution in [0.25, 0.3) is 22.6 Å². The molecule has 0 bridgehead atoms. The molecule has 0 spiro atoms. The number of nitrogens with zero attached hydrogens (tertiary/aromatic N) is 4. The van der Waals surface area contributed by atoms with Crippen molar-refractivity contribution in [3.05, 3.63) is 64.4 Å². The van der Waals surface area contributed by atoms with Crippen molar-refractivity contribution in [2.24, 2.45) is 5.92 Å². The van der Waals surface area contributed by atoms with E-state index in [1.165, 1.54) is 6.42 Å². The number of carboxylic acid groups (broad SMARTS) is 1. The van der Waals surface area contributed by atoms with Gasteiger partial charge in [-0.3, -0.25) is 0 Å². The molecule has 9 nitrogen and oxygen atoms in total. The first-order valence-electron chi connectivity index (χ1n) is 13.6. The molecule has 0 saturated heterocycles. The lowest BCUT2D eigenvalue weighted by molar-refractivity contribution is 0.0684. The van der Waals surface area contributed by atoms with Gasteiger partial charge in [0.15, 0.2) is 11.5 Å². The summed E-state index contributed by atoms with van der Waals surface area (Å²) in [5.74, 6) is 0.773. The first kappa shape index (κ1) is 27.9. The predicted molar refractivity (Wildman–Crippen MR) is 155 cm³/mol. The first-order valence-corrected chi connectivity index (χ1v) is 14.0. The molecule has 0 amide bonds. The van der Waals surface area contributed by atoms with E-state index in [2.05, 4.69) is 22.2 Å². The Morgan fingerprint density at radius 2 is 1.93 bits per heavy atom. The number of hydrogen-bond donors (Lipinski definition) is 2. The zero-order chi connectivity index (χ0) is 28.2. The Balaban J connectivity index is 1.69. The highest BCUT2D eigenvalue weighted by Gasteiger charge is 2.28. The van der Waals surface area contributed by atoms with E-state index in [1.807, 2.05) is 54.0 Å². The van der Waals surface area contributed by atoms with Gasteiger partial charge in [-0.25, -0.2) is 19.7 Å². The van der Waals surface area contributed by atoms with Gasteiger partial charge in [0, 0.05) is 37.7 Å². The number of rotatable bonds is 12. The number of benzene rings is 2. The summed E-state index contributed by atoms with van der Waals surface area (Å²) >= 11 is 6.17. The van der Waals surface area contributed by atoms with Gasteiger partial charge in [0.2, 0.25) is 5.82 Å². The standard InChI is InChI=1S/C30H34ClN5O4/c1-18-8-13-24(40-15-5-14-39-3)23(16-18)29-35-27-25(36(29)17-20-9-11-22(31)12-10-20)26(33-28(34-27)30(37)38)32-19(2)21-6-4-7-21/h8-13,16,19,21H,4-7,14-15,17H2,1-3H3,(H,37,38)(H,32,33,34)/t19-/m1/s1. The van der Waals surface area contributed by atoms with E-state index in [4.69, 9.17) is 26.1 Å². The van der Waals surface area contributed by atoms with Crippen LogP contribution >= 0.6 is 11.6 Å². The summed E-state index contributed by atoms with van der Waals surface area (Å²) in [6, 6.07) is 13.7. The van der Waals surface area contributed by atoms with Gasteiger partial charge in [-0.1, -0.05) is 41.8 Å². The molecule has 1 aliphatic carbocycles. The van der Waals surface area contributed by atoms with Crippen molar-refractivity contribution in [2.45, 2.75) is 52.1 Å². The summed E-state index contributed by atoms with van der Waals surface area (Å²) in [5, 5.41) is 14.0. The molecule has 1 aliphatic rings. The van der Waals surface area contributed by atoms with E-state index in [0.29, 0.717) is 59.3 Å². The second-order valence-electron chi connectivity index (χ2n) is 10.3. The Kier molecular flexibility index (Phi) is 8.52. The second-order valence-corrected chi connectivity index (χ2v) is 10.8. The van der Waals surface area contributed by atoms with E-state index in [1.54, 1.807) is 7.11 Å². The molecule has 2 aromatic carbocycles. The lowest BCUT2D eigenvalue weighted by Gasteiger charge is -2.32. The van der Waals surface area contributed by atoms with Gasteiger partial charge in [0.1, 0.15) is 17.1 Å². The average molecular weight is 564 g/mol. The van der Waals surface area contributed by atoms with E-state index >= 15 is 0 Å². The van der Waals surface area contributed by atoms with Crippen molar-refractivity contribution >= 4 is 34.6 Å². The molecule has 1 atom stereocenters. The number of imidazole rings is 1. The fourth-order valence-corrected chi connectivity index (χ4v) is 5.09. The fraction of sp³-hybridized carbons (Fsp3) is 0.400. The molecule has 0 radical (unpaired) electrons. The topological polar surface area (TPSA) is 111 Å². The summed E-state index contributed by atoms with van der Waals surface area (Å²) in [7, 11) is 1.67. The smallest absolute Gasteiger partial charge is 0.374 e.